The molecule has 0 aliphatic heterocycles. The van der Waals surface area contributed by atoms with E-state index in [0.717, 1.165) is 10.7 Å². The number of carbonyl (C=O) groups excluding carboxylic acids is 1. The van der Waals surface area contributed by atoms with Crippen LogP contribution in [0, 0.1) is 38.9 Å². The molecule has 0 atom stereocenters. The molecule has 0 bridgehead atoms. The van der Waals surface area contributed by atoms with E-state index in [0.29, 0.717) is 11.4 Å². The summed E-state index contributed by atoms with van der Waals surface area (Å²) in [5, 5.41) is 33.9. The van der Waals surface area contributed by atoms with Crippen LogP contribution in [0.5, 0.6) is 5.75 Å². The van der Waals surface area contributed by atoms with Crippen molar-refractivity contribution in [3.8, 4) is 11.8 Å². The Kier molecular flexibility index (Phi) is 4.99. The Hall–Kier alpha value is -2.74. The summed E-state index contributed by atoms with van der Waals surface area (Å²) >= 11 is 1.74. The molecule has 0 radical (unpaired) electrons. The number of phenolic OH excluding ortho intramolecular Hbond substituents is 1. The molecule has 1 heterocycles. The number of aromatic hydroxyl groups is 1. The van der Waals surface area contributed by atoms with E-state index in [1.54, 1.807) is 48.6 Å². The van der Waals surface area contributed by atoms with Crippen LogP contribution >= 0.6 is 22.6 Å². The highest BCUT2D eigenvalue weighted by Gasteiger charge is 2.19. The Balaban J connectivity index is 2.52. The second-order valence-electron chi connectivity index (χ2n) is 4.94. The van der Waals surface area contributed by atoms with Gasteiger partial charge in [-0.3, -0.25) is 14.9 Å². The van der Waals surface area contributed by atoms with Crippen molar-refractivity contribution < 1.29 is 14.8 Å². The zero-order valence-corrected chi connectivity index (χ0v) is 14.8. The number of aromatic nitrogens is 2. The SMILES string of the molecule is Cc1cc(C)n(C(=O)/C(C#N)=C/c2cc(I)c(O)c([N+](=O)[O-])c2)n1. The first-order valence-corrected chi connectivity index (χ1v) is 7.69. The molecule has 0 saturated carbocycles. The summed E-state index contributed by atoms with van der Waals surface area (Å²) < 4.78 is 1.34. The topological polar surface area (TPSA) is 122 Å². The van der Waals surface area contributed by atoms with Crippen molar-refractivity contribution in [1.82, 2.24) is 9.78 Å². The van der Waals surface area contributed by atoms with E-state index in [1.165, 1.54) is 12.1 Å². The van der Waals surface area contributed by atoms with Gasteiger partial charge in [-0.15, -0.1) is 0 Å². The summed E-state index contributed by atoms with van der Waals surface area (Å²) in [6.45, 7) is 3.40. The second-order valence-corrected chi connectivity index (χ2v) is 6.10. The maximum Gasteiger partial charge on any atom is 0.312 e. The molecular weight excluding hydrogens is 427 g/mol. The van der Waals surface area contributed by atoms with Crippen molar-refractivity contribution in [2.75, 3.05) is 0 Å². The van der Waals surface area contributed by atoms with Crippen LogP contribution < -0.4 is 0 Å². The van der Waals surface area contributed by atoms with Gasteiger partial charge in [0.15, 0.2) is 0 Å². The zero-order valence-electron chi connectivity index (χ0n) is 12.6. The normalized spacial score (nSPS) is 11.2. The molecule has 9 heteroatoms. The van der Waals surface area contributed by atoms with Gasteiger partial charge in [0.25, 0.3) is 5.91 Å². The van der Waals surface area contributed by atoms with Crippen LogP contribution in [0.3, 0.4) is 0 Å². The Bertz CT molecular complexity index is 924. The minimum Gasteiger partial charge on any atom is -0.501 e. The molecular formula is C15H11IN4O4. The smallest absolute Gasteiger partial charge is 0.312 e. The molecule has 0 spiro atoms. The number of allylic oxidation sites excluding steroid dienone is 1. The van der Waals surface area contributed by atoms with Crippen LogP contribution in [0.15, 0.2) is 23.8 Å². The molecule has 1 N–H and O–H groups in total. The fraction of sp³-hybridized carbons (Fsp3) is 0.133. The summed E-state index contributed by atoms with van der Waals surface area (Å²) in [6, 6.07) is 6.02. The summed E-state index contributed by atoms with van der Waals surface area (Å²) in [6.07, 6.45) is 1.23. The van der Waals surface area contributed by atoms with Gasteiger partial charge in [-0.05, 0) is 60.2 Å². The van der Waals surface area contributed by atoms with Gasteiger partial charge in [-0.2, -0.15) is 10.4 Å². The van der Waals surface area contributed by atoms with Crippen LogP contribution in [0.2, 0.25) is 0 Å². The number of halogens is 1. The third-order valence-corrected chi connectivity index (χ3v) is 3.95. The summed E-state index contributed by atoms with van der Waals surface area (Å²) in [4.78, 5) is 22.6. The van der Waals surface area contributed by atoms with E-state index in [-0.39, 0.29) is 14.7 Å². The highest BCUT2D eigenvalue weighted by Crippen LogP contribution is 2.33. The number of phenols is 1. The van der Waals surface area contributed by atoms with Gasteiger partial charge in [0.1, 0.15) is 11.6 Å². The molecule has 0 unspecified atom stereocenters. The number of aryl methyl sites for hydroxylation is 2. The van der Waals surface area contributed by atoms with Gasteiger partial charge in [0.05, 0.1) is 14.2 Å². The zero-order chi connectivity index (χ0) is 18.0. The van der Waals surface area contributed by atoms with E-state index in [9.17, 15) is 25.3 Å². The number of nitriles is 1. The maximum atomic E-state index is 12.4. The summed E-state index contributed by atoms with van der Waals surface area (Å²) in [7, 11) is 0. The van der Waals surface area contributed by atoms with Crippen molar-refractivity contribution in [2.45, 2.75) is 13.8 Å². The Morgan fingerprint density at radius 1 is 1.46 bits per heavy atom. The fourth-order valence-electron chi connectivity index (χ4n) is 2.08. The molecule has 2 rings (SSSR count). The molecule has 24 heavy (non-hydrogen) atoms. The highest BCUT2D eigenvalue weighted by atomic mass is 127. The Morgan fingerprint density at radius 3 is 2.62 bits per heavy atom. The van der Waals surface area contributed by atoms with Gasteiger partial charge in [-0.25, -0.2) is 4.68 Å². The molecule has 1 aromatic heterocycles. The van der Waals surface area contributed by atoms with Crippen LogP contribution in [0.25, 0.3) is 6.08 Å². The van der Waals surface area contributed by atoms with Gasteiger partial charge in [0, 0.05) is 11.8 Å². The number of benzene rings is 1. The van der Waals surface area contributed by atoms with Crippen molar-refractivity contribution in [1.29, 1.82) is 5.26 Å². The van der Waals surface area contributed by atoms with E-state index < -0.39 is 22.3 Å². The number of carbonyl (C=O) groups is 1. The largest absolute Gasteiger partial charge is 0.501 e. The lowest BCUT2D eigenvalue weighted by molar-refractivity contribution is -0.386. The third-order valence-electron chi connectivity index (χ3n) is 3.13. The Morgan fingerprint density at radius 2 is 2.12 bits per heavy atom. The molecule has 0 amide bonds. The summed E-state index contributed by atoms with van der Waals surface area (Å²) in [5.74, 6) is -1.09. The van der Waals surface area contributed by atoms with Gasteiger partial charge < -0.3 is 5.11 Å². The van der Waals surface area contributed by atoms with Crippen LogP contribution in [0.4, 0.5) is 5.69 Å². The minimum atomic E-state index is -0.732. The second kappa shape index (κ2) is 6.79. The number of nitro groups is 1. The molecule has 0 fully saturated rings. The van der Waals surface area contributed by atoms with E-state index in [1.807, 2.05) is 0 Å². The quantitative estimate of drug-likeness (QED) is 0.259. The number of hydrogen-bond donors (Lipinski definition) is 1. The molecule has 0 saturated heterocycles. The molecule has 0 aliphatic rings. The molecule has 1 aromatic carbocycles. The number of rotatable bonds is 3. The highest BCUT2D eigenvalue weighted by molar-refractivity contribution is 14.1. The van der Waals surface area contributed by atoms with E-state index in [4.69, 9.17) is 0 Å². The molecule has 122 valence electrons. The number of hydrogen-bond acceptors (Lipinski definition) is 6. The monoisotopic (exact) mass is 438 g/mol. The first-order chi connectivity index (χ1) is 11.2. The number of nitrogens with zero attached hydrogens (tertiary/aromatic N) is 4. The predicted molar refractivity (Wildman–Crippen MR) is 93.4 cm³/mol. The fourth-order valence-corrected chi connectivity index (χ4v) is 2.72. The average Bonchev–Trinajstić information content (AvgIpc) is 2.85. The van der Waals surface area contributed by atoms with Crippen LogP contribution in [-0.2, 0) is 0 Å². The van der Waals surface area contributed by atoms with Crippen molar-refractivity contribution in [3.63, 3.8) is 0 Å². The minimum absolute atomic E-state index is 0.225. The van der Waals surface area contributed by atoms with E-state index in [2.05, 4.69) is 5.10 Å². The molecule has 0 aliphatic carbocycles. The molecule has 2 aromatic rings. The van der Waals surface area contributed by atoms with Crippen molar-refractivity contribution in [2.24, 2.45) is 0 Å². The first kappa shape index (κ1) is 17.6. The first-order valence-electron chi connectivity index (χ1n) is 6.61. The number of nitro benzene ring substituents is 1. The maximum absolute atomic E-state index is 12.4. The average molecular weight is 438 g/mol. The van der Waals surface area contributed by atoms with Gasteiger partial charge >= 0.3 is 5.69 Å². The standard InChI is InChI=1S/C15H11IN4O4/c1-8-3-9(2)19(18-8)15(22)11(7-17)4-10-5-12(16)14(21)13(6-10)20(23)24/h3-6,21H,1-2H3/b11-4+. The summed E-state index contributed by atoms with van der Waals surface area (Å²) in [5.41, 5.74) is 0.745. The van der Waals surface area contributed by atoms with Crippen LogP contribution in [-0.4, -0.2) is 25.7 Å². The lowest BCUT2D eigenvalue weighted by Crippen LogP contribution is -2.15. The van der Waals surface area contributed by atoms with Gasteiger partial charge in [-0.1, -0.05) is 0 Å². The lowest BCUT2D eigenvalue weighted by atomic mass is 10.1. The van der Waals surface area contributed by atoms with Crippen molar-refractivity contribution in [3.05, 3.63) is 54.4 Å². The third kappa shape index (κ3) is 3.43. The van der Waals surface area contributed by atoms with Gasteiger partial charge in [0.2, 0.25) is 5.75 Å². The Labute approximate surface area is 150 Å². The molecule has 8 nitrogen and oxygen atoms in total. The van der Waals surface area contributed by atoms with Crippen molar-refractivity contribution >= 4 is 40.3 Å². The predicted octanol–water partition coefficient (Wildman–Crippen LogP) is 2.97. The van der Waals surface area contributed by atoms with E-state index >= 15 is 0 Å². The lowest BCUT2D eigenvalue weighted by Gasteiger charge is -2.04. The van der Waals surface area contributed by atoms with Crippen LogP contribution in [0.1, 0.15) is 21.7 Å².